The number of aromatic nitrogens is 3. The lowest BCUT2D eigenvalue weighted by Gasteiger charge is -2.21. The second kappa shape index (κ2) is 7.45. The molecule has 6 heteroatoms. The summed E-state index contributed by atoms with van der Waals surface area (Å²) in [6.07, 6.45) is 7.32. The molecule has 1 aliphatic heterocycles. The molecule has 0 unspecified atom stereocenters. The van der Waals surface area contributed by atoms with E-state index >= 15 is 0 Å². The molecule has 2 aliphatic rings. The largest absolute Gasteiger partial charge is 0.276 e. The Labute approximate surface area is 174 Å². The van der Waals surface area contributed by atoms with E-state index in [1.165, 1.54) is 42.0 Å². The Bertz CT molecular complexity index is 1040. The van der Waals surface area contributed by atoms with Gasteiger partial charge in [-0.1, -0.05) is 56.0 Å². The second-order valence-electron chi connectivity index (χ2n) is 7.57. The third kappa shape index (κ3) is 3.01. The zero-order valence-electron chi connectivity index (χ0n) is 16.0. The van der Waals surface area contributed by atoms with Gasteiger partial charge < -0.3 is 0 Å². The molecule has 2 aromatic heterocycles. The van der Waals surface area contributed by atoms with E-state index < -0.39 is 0 Å². The summed E-state index contributed by atoms with van der Waals surface area (Å²) < 4.78 is 2.31. The van der Waals surface area contributed by atoms with E-state index in [9.17, 15) is 0 Å². The Morgan fingerprint density at radius 1 is 1.11 bits per heavy atom. The first kappa shape index (κ1) is 18.1. The molecule has 0 bridgehead atoms. The Balaban J connectivity index is 1.69. The highest BCUT2D eigenvalue weighted by molar-refractivity contribution is 7.15. The highest BCUT2D eigenvalue weighted by Gasteiger charge is 2.29. The van der Waals surface area contributed by atoms with E-state index in [4.69, 9.17) is 16.6 Å². The average molecular weight is 411 g/mol. The van der Waals surface area contributed by atoms with Crippen molar-refractivity contribution in [2.75, 3.05) is 0 Å². The number of benzene rings is 1. The quantitative estimate of drug-likeness (QED) is 0.535. The van der Waals surface area contributed by atoms with Crippen molar-refractivity contribution in [1.82, 2.24) is 14.8 Å². The summed E-state index contributed by atoms with van der Waals surface area (Å²) in [5, 5.41) is 11.1. The van der Waals surface area contributed by atoms with Crippen molar-refractivity contribution in [3.63, 3.8) is 0 Å². The number of nitrogens with zero attached hydrogens (tertiary/aromatic N) is 4. The molecule has 1 fully saturated rings. The predicted octanol–water partition coefficient (Wildman–Crippen LogP) is 5.94. The minimum Gasteiger partial charge on any atom is -0.276 e. The summed E-state index contributed by atoms with van der Waals surface area (Å²) in [6, 6.07) is 10.3. The fourth-order valence-electron chi connectivity index (χ4n) is 4.34. The molecular formula is C22H23ClN4S. The second-order valence-corrected chi connectivity index (χ2v) is 9.10. The van der Waals surface area contributed by atoms with Crippen LogP contribution in [0.25, 0.3) is 5.00 Å². The summed E-state index contributed by atoms with van der Waals surface area (Å²) in [6.45, 7) is 2.73. The van der Waals surface area contributed by atoms with Crippen LogP contribution in [0.15, 0.2) is 35.3 Å². The molecular weight excluding hydrogens is 388 g/mol. The lowest BCUT2D eigenvalue weighted by atomic mass is 9.88. The number of rotatable bonds is 3. The Morgan fingerprint density at radius 2 is 1.93 bits per heavy atom. The van der Waals surface area contributed by atoms with Crippen molar-refractivity contribution in [3.8, 4) is 5.00 Å². The third-order valence-corrected chi connectivity index (χ3v) is 7.40. The highest BCUT2D eigenvalue weighted by atomic mass is 35.5. The van der Waals surface area contributed by atoms with E-state index in [1.807, 2.05) is 29.5 Å². The Kier molecular flexibility index (Phi) is 4.81. The fourth-order valence-corrected chi connectivity index (χ4v) is 5.69. The zero-order valence-corrected chi connectivity index (χ0v) is 17.6. The van der Waals surface area contributed by atoms with Crippen LogP contribution in [0.3, 0.4) is 0 Å². The standard InChI is InChI=1S/C22H23ClN4S/c1-2-15-12-17-20(16-10-6-7-11-18(16)23)24-13-19-25-26-21(27(19)22(17)28-15)14-8-4-3-5-9-14/h6-7,10-12,14H,2-5,8-9,13H2,1H3. The van der Waals surface area contributed by atoms with Gasteiger partial charge in [0.15, 0.2) is 5.82 Å². The lowest BCUT2D eigenvalue weighted by molar-refractivity contribution is 0.424. The minimum atomic E-state index is 0.497. The van der Waals surface area contributed by atoms with Crippen LogP contribution in [0.1, 0.15) is 72.6 Å². The number of aryl methyl sites for hydroxylation is 1. The molecule has 0 atom stereocenters. The third-order valence-electron chi connectivity index (χ3n) is 5.80. The summed E-state index contributed by atoms with van der Waals surface area (Å²) >= 11 is 8.38. The molecule has 1 aliphatic carbocycles. The summed E-state index contributed by atoms with van der Waals surface area (Å²) in [5.41, 5.74) is 3.12. The monoisotopic (exact) mass is 410 g/mol. The molecule has 0 amide bonds. The van der Waals surface area contributed by atoms with E-state index in [2.05, 4.69) is 33.8 Å². The van der Waals surface area contributed by atoms with E-state index in [0.29, 0.717) is 12.5 Å². The van der Waals surface area contributed by atoms with Crippen molar-refractivity contribution >= 4 is 28.6 Å². The molecule has 144 valence electrons. The number of halogens is 1. The van der Waals surface area contributed by atoms with Crippen LogP contribution >= 0.6 is 22.9 Å². The van der Waals surface area contributed by atoms with Gasteiger partial charge in [0.2, 0.25) is 0 Å². The topological polar surface area (TPSA) is 43.1 Å². The number of fused-ring (bicyclic) bond motifs is 3. The number of thiophene rings is 1. The summed E-state index contributed by atoms with van der Waals surface area (Å²) in [4.78, 5) is 6.31. The van der Waals surface area contributed by atoms with Gasteiger partial charge in [-0.25, -0.2) is 0 Å². The fraction of sp³-hybridized carbons (Fsp3) is 0.409. The van der Waals surface area contributed by atoms with E-state index in [0.717, 1.165) is 39.9 Å². The minimum absolute atomic E-state index is 0.497. The van der Waals surface area contributed by atoms with Gasteiger partial charge in [-0.3, -0.25) is 9.56 Å². The van der Waals surface area contributed by atoms with Crippen molar-refractivity contribution in [1.29, 1.82) is 0 Å². The molecule has 5 rings (SSSR count). The Morgan fingerprint density at radius 3 is 2.71 bits per heavy atom. The van der Waals surface area contributed by atoms with Crippen LogP contribution < -0.4 is 0 Å². The van der Waals surface area contributed by atoms with Crippen LogP contribution in [-0.2, 0) is 13.0 Å². The molecule has 0 spiro atoms. The van der Waals surface area contributed by atoms with Crippen molar-refractivity contribution in [3.05, 3.63) is 63.0 Å². The van der Waals surface area contributed by atoms with Gasteiger partial charge in [-0.05, 0) is 31.4 Å². The van der Waals surface area contributed by atoms with Gasteiger partial charge in [0.1, 0.15) is 17.4 Å². The molecule has 1 aromatic carbocycles. The Hall–Kier alpha value is -1.98. The van der Waals surface area contributed by atoms with Crippen LogP contribution in [0, 0.1) is 0 Å². The molecule has 1 saturated carbocycles. The number of hydrogen-bond acceptors (Lipinski definition) is 4. The first-order valence-electron chi connectivity index (χ1n) is 10.1. The molecule has 28 heavy (non-hydrogen) atoms. The molecule has 0 N–H and O–H groups in total. The maximum absolute atomic E-state index is 6.54. The molecule has 3 aromatic rings. The molecule has 0 saturated heterocycles. The van der Waals surface area contributed by atoms with Gasteiger partial charge in [0.25, 0.3) is 0 Å². The van der Waals surface area contributed by atoms with Gasteiger partial charge in [-0.2, -0.15) is 0 Å². The van der Waals surface area contributed by atoms with Gasteiger partial charge >= 0.3 is 0 Å². The van der Waals surface area contributed by atoms with Gasteiger partial charge in [0.05, 0.1) is 5.71 Å². The van der Waals surface area contributed by atoms with Crippen LogP contribution in [-0.4, -0.2) is 20.5 Å². The van der Waals surface area contributed by atoms with Crippen molar-refractivity contribution in [2.24, 2.45) is 4.99 Å². The SMILES string of the molecule is CCc1cc2c(s1)-n1c(nnc1C1CCCCC1)CN=C2c1ccccc1Cl. The summed E-state index contributed by atoms with van der Waals surface area (Å²) in [7, 11) is 0. The van der Waals surface area contributed by atoms with E-state index in [-0.39, 0.29) is 0 Å². The smallest absolute Gasteiger partial charge is 0.160 e. The first-order chi connectivity index (χ1) is 13.8. The maximum atomic E-state index is 6.54. The lowest BCUT2D eigenvalue weighted by Crippen LogP contribution is -2.13. The molecule has 0 radical (unpaired) electrons. The van der Waals surface area contributed by atoms with Crippen molar-refractivity contribution < 1.29 is 0 Å². The first-order valence-corrected chi connectivity index (χ1v) is 11.3. The summed E-state index contributed by atoms with van der Waals surface area (Å²) in [5.74, 6) is 2.56. The normalized spacial score (nSPS) is 17.0. The van der Waals surface area contributed by atoms with Crippen LogP contribution in [0.5, 0.6) is 0 Å². The van der Waals surface area contributed by atoms with Gasteiger partial charge in [0, 0.05) is 26.9 Å². The number of hydrogen-bond donors (Lipinski definition) is 0. The average Bonchev–Trinajstić information content (AvgIpc) is 3.31. The zero-order chi connectivity index (χ0) is 19.1. The van der Waals surface area contributed by atoms with Crippen LogP contribution in [0.4, 0.5) is 0 Å². The van der Waals surface area contributed by atoms with Crippen LogP contribution in [0.2, 0.25) is 5.02 Å². The molecule has 3 heterocycles. The molecule has 4 nitrogen and oxygen atoms in total. The van der Waals surface area contributed by atoms with E-state index in [1.54, 1.807) is 0 Å². The number of aliphatic imine (C=N–C) groups is 1. The maximum Gasteiger partial charge on any atom is 0.160 e. The van der Waals surface area contributed by atoms with Crippen molar-refractivity contribution in [2.45, 2.75) is 57.9 Å². The predicted molar refractivity (Wildman–Crippen MR) is 115 cm³/mol. The highest BCUT2D eigenvalue weighted by Crippen LogP contribution is 2.38. The van der Waals surface area contributed by atoms with Gasteiger partial charge in [-0.15, -0.1) is 21.5 Å².